The van der Waals surface area contributed by atoms with Crippen LogP contribution in [0.1, 0.15) is 27.2 Å². The molecular weight excluding hydrogens is 124 g/mol. The van der Waals surface area contributed by atoms with Crippen LogP contribution in [0.2, 0.25) is 0 Å². The molecular formula is C8H16N2. The van der Waals surface area contributed by atoms with Crippen LogP contribution in [0.15, 0.2) is 22.8 Å². The van der Waals surface area contributed by atoms with E-state index in [-0.39, 0.29) is 0 Å². The first-order valence-electron chi connectivity index (χ1n) is 3.56. The second-order valence-corrected chi connectivity index (χ2v) is 1.19. The predicted octanol–water partition coefficient (Wildman–Crippen LogP) is 2.67. The van der Waals surface area contributed by atoms with E-state index in [9.17, 15) is 0 Å². The summed E-state index contributed by atoms with van der Waals surface area (Å²) in [5.41, 5.74) is 0. The molecule has 0 heterocycles. The van der Waals surface area contributed by atoms with E-state index in [4.69, 9.17) is 0 Å². The van der Waals surface area contributed by atoms with Crippen LogP contribution in [0.25, 0.3) is 0 Å². The molecule has 0 aliphatic rings. The SMILES string of the molecule is C=CN=CN=CCC.CC. The van der Waals surface area contributed by atoms with E-state index in [0.717, 1.165) is 6.42 Å². The van der Waals surface area contributed by atoms with Crippen molar-refractivity contribution in [3.63, 3.8) is 0 Å². The minimum Gasteiger partial charge on any atom is -0.249 e. The minimum atomic E-state index is 0.948. The molecule has 0 atom stereocenters. The van der Waals surface area contributed by atoms with Crippen molar-refractivity contribution >= 4 is 12.6 Å². The molecule has 0 spiro atoms. The zero-order valence-corrected chi connectivity index (χ0v) is 7.04. The first kappa shape index (κ1) is 11.8. The predicted molar refractivity (Wildman–Crippen MR) is 48.8 cm³/mol. The summed E-state index contributed by atoms with van der Waals surface area (Å²) >= 11 is 0. The van der Waals surface area contributed by atoms with Gasteiger partial charge in [-0.25, -0.2) is 9.98 Å². The first-order valence-corrected chi connectivity index (χ1v) is 3.56. The average Bonchev–Trinajstić information content (AvgIpc) is 2.02. The molecule has 2 heteroatoms. The Balaban J connectivity index is 0. The van der Waals surface area contributed by atoms with Crippen LogP contribution in [-0.4, -0.2) is 12.6 Å². The van der Waals surface area contributed by atoms with Gasteiger partial charge in [-0.3, -0.25) is 0 Å². The summed E-state index contributed by atoms with van der Waals surface area (Å²) in [4.78, 5) is 7.44. The summed E-state index contributed by atoms with van der Waals surface area (Å²) in [6.45, 7) is 9.41. The molecule has 0 aliphatic carbocycles. The summed E-state index contributed by atoms with van der Waals surface area (Å²) in [6.07, 6.45) is 5.65. The van der Waals surface area contributed by atoms with Crippen LogP contribution in [0, 0.1) is 0 Å². The minimum absolute atomic E-state index is 0.948. The van der Waals surface area contributed by atoms with Crippen molar-refractivity contribution in [2.24, 2.45) is 9.98 Å². The molecule has 0 saturated heterocycles. The largest absolute Gasteiger partial charge is 0.249 e. The highest BCUT2D eigenvalue weighted by molar-refractivity contribution is 5.72. The fraction of sp³-hybridized carbons (Fsp3) is 0.500. The molecule has 58 valence electrons. The lowest BCUT2D eigenvalue weighted by Crippen LogP contribution is -1.67. The maximum absolute atomic E-state index is 3.79. The molecule has 0 amide bonds. The van der Waals surface area contributed by atoms with Crippen LogP contribution in [0.4, 0.5) is 0 Å². The van der Waals surface area contributed by atoms with Gasteiger partial charge in [-0.15, -0.1) is 0 Å². The summed E-state index contributed by atoms with van der Waals surface area (Å²) in [5.74, 6) is 0. The lowest BCUT2D eigenvalue weighted by atomic mass is 10.5. The van der Waals surface area contributed by atoms with Crippen LogP contribution in [0.5, 0.6) is 0 Å². The molecule has 0 fully saturated rings. The van der Waals surface area contributed by atoms with Crippen LogP contribution in [0.3, 0.4) is 0 Å². The third kappa shape index (κ3) is 15.7. The molecule has 0 aromatic heterocycles. The second-order valence-electron chi connectivity index (χ2n) is 1.19. The maximum Gasteiger partial charge on any atom is 0.114 e. The quantitative estimate of drug-likeness (QED) is 0.425. The van der Waals surface area contributed by atoms with Crippen LogP contribution < -0.4 is 0 Å². The van der Waals surface area contributed by atoms with Crippen LogP contribution >= 0.6 is 0 Å². The number of aliphatic imine (C=N–C) groups is 2. The van der Waals surface area contributed by atoms with E-state index in [0.29, 0.717) is 0 Å². The normalized spacial score (nSPS) is 9.50. The smallest absolute Gasteiger partial charge is 0.114 e. The molecule has 0 bridgehead atoms. The zero-order chi connectivity index (χ0) is 8.24. The Labute approximate surface area is 63.4 Å². The van der Waals surface area contributed by atoms with Gasteiger partial charge in [0, 0.05) is 12.4 Å². The Morgan fingerprint density at radius 3 is 2.30 bits per heavy atom. The van der Waals surface area contributed by atoms with E-state index in [2.05, 4.69) is 16.6 Å². The van der Waals surface area contributed by atoms with E-state index >= 15 is 0 Å². The summed E-state index contributed by atoms with van der Waals surface area (Å²) in [6, 6.07) is 0. The number of hydrogen-bond donors (Lipinski definition) is 0. The topological polar surface area (TPSA) is 24.7 Å². The van der Waals surface area contributed by atoms with Crippen molar-refractivity contribution in [1.82, 2.24) is 0 Å². The van der Waals surface area contributed by atoms with E-state index in [1.54, 1.807) is 6.21 Å². The van der Waals surface area contributed by atoms with Crippen molar-refractivity contribution in [3.8, 4) is 0 Å². The van der Waals surface area contributed by atoms with Crippen molar-refractivity contribution in [3.05, 3.63) is 12.8 Å². The molecule has 0 aromatic rings. The molecule has 0 unspecified atom stereocenters. The Bertz CT molecular complexity index is 104. The Morgan fingerprint density at radius 2 is 1.90 bits per heavy atom. The molecule has 0 saturated carbocycles. The lowest BCUT2D eigenvalue weighted by molar-refractivity contribution is 1.32. The number of hydrogen-bond acceptors (Lipinski definition) is 1. The third-order valence-corrected chi connectivity index (χ3v) is 0.527. The van der Waals surface area contributed by atoms with Crippen molar-refractivity contribution < 1.29 is 0 Å². The molecule has 0 aromatic carbocycles. The van der Waals surface area contributed by atoms with Gasteiger partial charge in [0.25, 0.3) is 0 Å². The van der Waals surface area contributed by atoms with Gasteiger partial charge in [0.05, 0.1) is 0 Å². The monoisotopic (exact) mass is 140 g/mol. The van der Waals surface area contributed by atoms with Gasteiger partial charge in [0.1, 0.15) is 6.34 Å². The van der Waals surface area contributed by atoms with Gasteiger partial charge in [-0.1, -0.05) is 27.4 Å². The fourth-order valence-electron chi connectivity index (χ4n) is 0.238. The highest BCUT2D eigenvalue weighted by Gasteiger charge is 1.60. The highest BCUT2D eigenvalue weighted by atomic mass is 14.8. The summed E-state index contributed by atoms with van der Waals surface area (Å²) < 4.78 is 0. The summed E-state index contributed by atoms with van der Waals surface area (Å²) in [5, 5.41) is 0. The molecule has 10 heavy (non-hydrogen) atoms. The van der Waals surface area contributed by atoms with E-state index < -0.39 is 0 Å². The Kier molecular flexibility index (Phi) is 18.6. The highest BCUT2D eigenvalue weighted by Crippen LogP contribution is 1.67. The second kappa shape index (κ2) is 15.7. The fourth-order valence-corrected chi connectivity index (χ4v) is 0.238. The number of rotatable bonds is 3. The van der Waals surface area contributed by atoms with Crippen molar-refractivity contribution in [2.75, 3.05) is 0 Å². The molecule has 2 nitrogen and oxygen atoms in total. The molecule has 0 rings (SSSR count). The Morgan fingerprint density at radius 1 is 1.30 bits per heavy atom. The van der Waals surface area contributed by atoms with Gasteiger partial charge in [-0.05, 0) is 6.42 Å². The molecule has 0 radical (unpaired) electrons. The molecule has 0 aliphatic heterocycles. The lowest BCUT2D eigenvalue weighted by Gasteiger charge is -1.71. The zero-order valence-electron chi connectivity index (χ0n) is 7.04. The number of nitrogens with zero attached hydrogens (tertiary/aromatic N) is 2. The maximum atomic E-state index is 3.79. The van der Waals surface area contributed by atoms with Crippen LogP contribution in [-0.2, 0) is 0 Å². The molecule has 0 N–H and O–H groups in total. The van der Waals surface area contributed by atoms with Gasteiger partial charge in [0.15, 0.2) is 0 Å². The van der Waals surface area contributed by atoms with Gasteiger partial charge < -0.3 is 0 Å². The summed E-state index contributed by atoms with van der Waals surface area (Å²) in [7, 11) is 0. The average molecular weight is 140 g/mol. The van der Waals surface area contributed by atoms with E-state index in [1.165, 1.54) is 12.5 Å². The van der Waals surface area contributed by atoms with Gasteiger partial charge in [-0.2, -0.15) is 0 Å². The van der Waals surface area contributed by atoms with Gasteiger partial charge >= 0.3 is 0 Å². The standard InChI is InChI=1S/C6H10N2.C2H6/c1-3-5-8-6-7-4-2;1-2/h4-6H,2-3H2,1H3;1-2H3. The third-order valence-electron chi connectivity index (χ3n) is 0.527. The van der Waals surface area contributed by atoms with Crippen molar-refractivity contribution in [1.29, 1.82) is 0 Å². The first-order chi connectivity index (χ1) is 4.91. The van der Waals surface area contributed by atoms with Gasteiger partial charge in [0.2, 0.25) is 0 Å². The van der Waals surface area contributed by atoms with E-state index in [1.807, 2.05) is 20.8 Å². The van der Waals surface area contributed by atoms with Crippen molar-refractivity contribution in [2.45, 2.75) is 27.2 Å². The Hall–Kier alpha value is -0.920.